The zero-order valence-corrected chi connectivity index (χ0v) is 25.6. The number of Topliss-reactive ketones (excluding diaryl/α,β-unsaturated/α-hetero) is 1. The Bertz CT molecular complexity index is 1410. The van der Waals surface area contributed by atoms with E-state index in [4.69, 9.17) is 0 Å². The minimum absolute atomic E-state index is 0.103. The Balaban J connectivity index is 1.68. The second kappa shape index (κ2) is 8.35. The summed E-state index contributed by atoms with van der Waals surface area (Å²) in [7, 11) is -4.14. The predicted octanol–water partition coefficient (Wildman–Crippen LogP) is 4.92. The molecule has 0 spiro atoms. The highest BCUT2D eigenvalue weighted by Crippen LogP contribution is 2.75. The third kappa shape index (κ3) is 3.48. The minimum atomic E-state index is -4.14. The van der Waals surface area contributed by atoms with E-state index in [1.807, 2.05) is 27.7 Å². The molecule has 5 rings (SSSR count). The van der Waals surface area contributed by atoms with Gasteiger partial charge in [-0.1, -0.05) is 47.6 Å². The summed E-state index contributed by atoms with van der Waals surface area (Å²) in [5.41, 5.74) is -5.12. The first kappa shape index (κ1) is 29.6. The minimum Gasteiger partial charge on any atom is -0.381 e. The normalized spacial score (nSPS) is 48.0. The van der Waals surface area contributed by atoms with Crippen LogP contribution < -0.4 is 4.72 Å². The smallest absolute Gasteiger partial charge is 0.241 e. The van der Waals surface area contributed by atoms with Crippen LogP contribution in [0.1, 0.15) is 93.4 Å². The molecule has 5 aliphatic rings. The summed E-state index contributed by atoms with van der Waals surface area (Å²) in [5.74, 6) is -1.20. The molecule has 220 valence electrons. The molecule has 2 N–H and O–H groups in total. The molecule has 3 saturated carbocycles. The van der Waals surface area contributed by atoms with Crippen LogP contribution in [0.25, 0.3) is 0 Å². The Hall–Kier alpha value is -1.89. The number of nitrogens with zero attached hydrogens (tertiary/aromatic N) is 1. The highest BCUT2D eigenvalue weighted by atomic mass is 32.2. The van der Waals surface area contributed by atoms with Crippen molar-refractivity contribution in [3.8, 4) is 6.07 Å². The molecule has 0 aromatic carbocycles. The van der Waals surface area contributed by atoms with Crippen LogP contribution >= 0.6 is 0 Å². The maximum atomic E-state index is 14.4. The Morgan fingerprint density at radius 1 is 1.02 bits per heavy atom. The number of hydrogen-bond acceptors (Lipinski definition) is 6. The van der Waals surface area contributed by atoms with Gasteiger partial charge in [0, 0.05) is 27.7 Å². The molecule has 0 aromatic rings. The molecule has 3 fully saturated rings. The molecule has 0 bridgehead atoms. The predicted molar refractivity (Wildman–Crippen MR) is 149 cm³/mol. The summed E-state index contributed by atoms with van der Waals surface area (Å²) in [6.07, 6.45) is 7.44. The third-order valence-corrected chi connectivity index (χ3v) is 13.9. The van der Waals surface area contributed by atoms with Crippen molar-refractivity contribution in [2.45, 2.75) is 105 Å². The van der Waals surface area contributed by atoms with Crippen molar-refractivity contribution < 1.29 is 27.5 Å². The van der Waals surface area contributed by atoms with E-state index in [9.17, 15) is 32.8 Å². The fourth-order valence-electron chi connectivity index (χ4n) is 10.3. The average Bonchev–Trinajstić information content (AvgIpc) is 2.86. The number of sulfonamides is 1. The fraction of sp³-hybridized carbons (Fsp3) is 0.774. The number of nitriles is 1. The lowest BCUT2D eigenvalue weighted by Gasteiger charge is -2.71. The van der Waals surface area contributed by atoms with E-state index in [-0.39, 0.29) is 34.9 Å². The number of ketones is 2. The molecule has 40 heavy (non-hydrogen) atoms. The van der Waals surface area contributed by atoms with Crippen LogP contribution in [0.4, 0.5) is 4.39 Å². The Morgan fingerprint density at radius 2 is 1.65 bits per heavy atom. The summed E-state index contributed by atoms with van der Waals surface area (Å²) in [6.45, 7) is 13.8. The molecule has 0 radical (unpaired) electrons. The molecule has 0 amide bonds. The number of carbonyl (C=O) groups is 2. The van der Waals surface area contributed by atoms with E-state index in [1.165, 1.54) is 0 Å². The number of hydrogen-bond donors (Lipinski definition) is 2. The van der Waals surface area contributed by atoms with Gasteiger partial charge < -0.3 is 5.11 Å². The SMILES string of the molecule is CC1(C)C(=O)C(C#N)=C[C@]2(C)C3=CC(=O)[C@]4(O)[C@@H]5C[C@@](C)(NS(=O)(=O)CF)CC[C@]5(C)CC[C@@]4(C)[C@]3(C)CC[C@@H]12. The first-order valence-electron chi connectivity index (χ1n) is 14.4. The van der Waals surface area contributed by atoms with E-state index in [0.29, 0.717) is 32.1 Å². The summed E-state index contributed by atoms with van der Waals surface area (Å²) in [6, 6.07) is 0.581. The molecule has 0 aromatic heterocycles. The highest BCUT2D eigenvalue weighted by Gasteiger charge is 2.75. The van der Waals surface area contributed by atoms with Crippen molar-refractivity contribution in [1.29, 1.82) is 5.26 Å². The van der Waals surface area contributed by atoms with Gasteiger partial charge in [0.25, 0.3) is 0 Å². The van der Waals surface area contributed by atoms with Gasteiger partial charge in [-0.15, -0.1) is 0 Å². The van der Waals surface area contributed by atoms with Gasteiger partial charge >= 0.3 is 0 Å². The molecule has 7 nitrogen and oxygen atoms in total. The zero-order valence-electron chi connectivity index (χ0n) is 24.8. The van der Waals surface area contributed by atoms with E-state index < -0.39 is 54.7 Å². The number of aliphatic hydroxyl groups is 1. The van der Waals surface area contributed by atoms with Crippen LogP contribution in [0.15, 0.2) is 23.3 Å². The second-order valence-corrected chi connectivity index (χ2v) is 16.9. The average molecular weight is 575 g/mol. The van der Waals surface area contributed by atoms with Crippen molar-refractivity contribution in [2.24, 2.45) is 38.9 Å². The molecule has 0 unspecified atom stereocenters. The third-order valence-electron chi connectivity index (χ3n) is 12.8. The molecule has 0 saturated heterocycles. The number of carbonyl (C=O) groups excluding carboxylic acids is 2. The van der Waals surface area contributed by atoms with Gasteiger partial charge in [0.05, 0.1) is 5.57 Å². The monoisotopic (exact) mass is 574 g/mol. The molecule has 9 heteroatoms. The Labute approximate surface area is 237 Å². The molecular weight excluding hydrogens is 531 g/mol. The number of fused-ring (bicyclic) bond motifs is 7. The number of allylic oxidation sites excluding steroid dienone is 3. The van der Waals surface area contributed by atoms with E-state index in [0.717, 1.165) is 12.0 Å². The van der Waals surface area contributed by atoms with Crippen molar-refractivity contribution in [2.75, 3.05) is 6.01 Å². The molecule has 8 atom stereocenters. The van der Waals surface area contributed by atoms with E-state index >= 15 is 0 Å². The zero-order chi connectivity index (χ0) is 29.9. The van der Waals surface area contributed by atoms with Crippen molar-refractivity contribution in [1.82, 2.24) is 4.72 Å². The van der Waals surface area contributed by atoms with Crippen LogP contribution in [0.5, 0.6) is 0 Å². The van der Waals surface area contributed by atoms with Gasteiger partial charge in [0.2, 0.25) is 16.0 Å². The van der Waals surface area contributed by atoms with Crippen molar-refractivity contribution in [3.63, 3.8) is 0 Å². The van der Waals surface area contributed by atoms with Gasteiger partial charge in [-0.25, -0.2) is 17.5 Å². The number of rotatable bonds is 3. The quantitative estimate of drug-likeness (QED) is 0.493. The first-order chi connectivity index (χ1) is 18.2. The summed E-state index contributed by atoms with van der Waals surface area (Å²) < 4.78 is 40.4. The van der Waals surface area contributed by atoms with Crippen molar-refractivity contribution in [3.05, 3.63) is 23.3 Å². The lowest BCUT2D eigenvalue weighted by molar-refractivity contribution is -0.239. The lowest BCUT2D eigenvalue weighted by atomic mass is 9.33. The standard InChI is InChI=1S/C31H43FN2O5S/c1-25(2)20-8-9-29(6)21(28(20,5)15-19(17-33)24(25)36)14-23(35)31(37)22-16-27(4,34-40(38,39)18-32)12-10-26(22,3)11-13-30(29,31)7/h14-15,20,22,34,37H,8-13,16,18H2,1-7H3/t20-,22+,26+,27-,28-,29+,30-,31+/m0/s1. The van der Waals surface area contributed by atoms with E-state index in [1.54, 1.807) is 19.1 Å². The van der Waals surface area contributed by atoms with Gasteiger partial charge in [0.1, 0.15) is 11.7 Å². The van der Waals surface area contributed by atoms with Gasteiger partial charge in [0.15, 0.2) is 11.6 Å². The number of alkyl halides is 1. The Morgan fingerprint density at radius 3 is 2.25 bits per heavy atom. The Kier molecular flexibility index (Phi) is 6.18. The van der Waals surface area contributed by atoms with Gasteiger partial charge in [-0.3, -0.25) is 9.59 Å². The number of nitrogens with one attached hydrogen (secondary N) is 1. The van der Waals surface area contributed by atoms with Crippen LogP contribution in [0, 0.1) is 50.2 Å². The van der Waals surface area contributed by atoms with Crippen LogP contribution in [-0.4, -0.2) is 42.2 Å². The van der Waals surface area contributed by atoms with Crippen LogP contribution in [0.3, 0.4) is 0 Å². The fourth-order valence-corrected chi connectivity index (χ4v) is 11.2. The summed E-state index contributed by atoms with van der Waals surface area (Å²) >= 11 is 0. The van der Waals surface area contributed by atoms with Crippen LogP contribution in [0.2, 0.25) is 0 Å². The maximum absolute atomic E-state index is 14.4. The molecule has 0 heterocycles. The first-order valence-corrected chi connectivity index (χ1v) is 16.1. The van der Waals surface area contributed by atoms with Crippen molar-refractivity contribution >= 4 is 21.6 Å². The van der Waals surface area contributed by atoms with Crippen LogP contribution in [-0.2, 0) is 19.6 Å². The molecular formula is C31H43FN2O5S. The molecule has 0 aliphatic heterocycles. The maximum Gasteiger partial charge on any atom is 0.241 e. The summed E-state index contributed by atoms with van der Waals surface area (Å²) in [4.78, 5) is 27.6. The number of halogens is 1. The summed E-state index contributed by atoms with van der Waals surface area (Å²) in [5, 5.41) is 22.7. The lowest BCUT2D eigenvalue weighted by Crippen LogP contribution is -2.74. The van der Waals surface area contributed by atoms with Gasteiger partial charge in [-0.05, 0) is 80.3 Å². The van der Waals surface area contributed by atoms with E-state index in [2.05, 4.69) is 24.6 Å². The largest absolute Gasteiger partial charge is 0.381 e. The highest BCUT2D eigenvalue weighted by molar-refractivity contribution is 7.89. The van der Waals surface area contributed by atoms with Gasteiger partial charge in [-0.2, -0.15) is 5.26 Å². The molecule has 5 aliphatic carbocycles. The topological polar surface area (TPSA) is 124 Å². The second-order valence-electron chi connectivity index (χ2n) is 15.2.